The van der Waals surface area contributed by atoms with Crippen LogP contribution in [0.1, 0.15) is 43.7 Å². The van der Waals surface area contributed by atoms with Crippen LogP contribution in [-0.4, -0.2) is 96.4 Å². The van der Waals surface area contributed by atoms with Gasteiger partial charge in [-0.3, -0.25) is 19.2 Å². The van der Waals surface area contributed by atoms with Crippen LogP contribution < -0.4 is 27.4 Å². The van der Waals surface area contributed by atoms with Gasteiger partial charge in [-0.1, -0.05) is 60.7 Å². The lowest BCUT2D eigenvalue weighted by atomic mass is 10.0. The second kappa shape index (κ2) is 15.7. The molecular formula is C35H49N7O4. The zero-order valence-electron chi connectivity index (χ0n) is 26.8. The maximum Gasteiger partial charge on any atom is 0.246 e. The Bertz CT molecular complexity index is 1330. The highest BCUT2D eigenvalue weighted by molar-refractivity contribution is 5.96. The molecule has 3 aliphatic heterocycles. The summed E-state index contributed by atoms with van der Waals surface area (Å²) in [7, 11) is 0. The molecular weight excluding hydrogens is 582 g/mol. The number of unbranched alkanes of at least 4 members (excludes halogenated alkanes) is 1. The van der Waals surface area contributed by atoms with Crippen molar-refractivity contribution < 1.29 is 19.2 Å². The van der Waals surface area contributed by atoms with Gasteiger partial charge in [0.25, 0.3) is 0 Å². The summed E-state index contributed by atoms with van der Waals surface area (Å²) in [6.45, 7) is 5.68. The third-order valence-corrected chi connectivity index (χ3v) is 9.73. The number of likely N-dealkylation sites (tertiary alicyclic amines) is 2. The summed E-state index contributed by atoms with van der Waals surface area (Å²) in [4.78, 5) is 58.5. The number of carbonyl (C=O) groups is 4. The van der Waals surface area contributed by atoms with Crippen LogP contribution in [0.4, 0.5) is 0 Å². The Kier molecular flexibility index (Phi) is 11.4. The van der Waals surface area contributed by atoms with E-state index in [1.807, 2.05) is 72.5 Å². The first-order valence-electron chi connectivity index (χ1n) is 16.7. The van der Waals surface area contributed by atoms with Crippen molar-refractivity contribution >= 4 is 23.6 Å². The van der Waals surface area contributed by atoms with Crippen molar-refractivity contribution in [2.45, 2.75) is 75.7 Å². The van der Waals surface area contributed by atoms with Gasteiger partial charge in [-0.2, -0.15) is 0 Å². The molecule has 3 heterocycles. The molecule has 46 heavy (non-hydrogen) atoms. The maximum atomic E-state index is 14.0. The largest absolute Gasteiger partial charge is 0.343 e. The summed E-state index contributed by atoms with van der Waals surface area (Å²) in [5.41, 5.74) is 13.8. The lowest BCUT2D eigenvalue weighted by Crippen LogP contribution is -2.56. The van der Waals surface area contributed by atoms with Gasteiger partial charge >= 0.3 is 0 Å². The van der Waals surface area contributed by atoms with Crippen molar-refractivity contribution in [2.75, 3.05) is 32.7 Å². The molecule has 5 rings (SSSR count). The standard InChI is InChI=1S/C35H49N7O4/c1-23-16-30(34(45)42(23)31(14-8-9-15-36)35(46)41-21-26-19-38-20-27(26)22-41)40-33(44)29(18-25-12-6-3-7-13-25)39-32(43)28(37)17-24-10-4-2-5-11-24/h2-7,10-13,23,26-31,38H,8-9,14-22,36-37H2,1H3,(H,39,43)(H,40,44). The molecule has 0 bridgehead atoms. The average molecular weight is 632 g/mol. The number of carbonyl (C=O) groups excluding carboxylic acids is 4. The minimum atomic E-state index is -0.937. The van der Waals surface area contributed by atoms with E-state index < -0.39 is 36.0 Å². The molecule has 2 aromatic rings. The van der Waals surface area contributed by atoms with E-state index in [-0.39, 0.29) is 24.3 Å². The molecule has 3 saturated heterocycles. The van der Waals surface area contributed by atoms with Crippen LogP contribution in [-0.2, 0) is 32.0 Å². The Morgan fingerprint density at radius 3 is 2.13 bits per heavy atom. The Morgan fingerprint density at radius 1 is 0.913 bits per heavy atom. The van der Waals surface area contributed by atoms with E-state index >= 15 is 0 Å². The summed E-state index contributed by atoms with van der Waals surface area (Å²) in [5.74, 6) is -0.278. The molecule has 3 aliphatic rings. The molecule has 3 fully saturated rings. The fraction of sp³-hybridized carbons (Fsp3) is 0.543. The van der Waals surface area contributed by atoms with Crippen LogP contribution in [0, 0.1) is 11.8 Å². The van der Waals surface area contributed by atoms with Gasteiger partial charge in [0.15, 0.2) is 0 Å². The van der Waals surface area contributed by atoms with Gasteiger partial charge in [-0.05, 0) is 68.5 Å². The fourth-order valence-electron chi connectivity index (χ4n) is 7.21. The van der Waals surface area contributed by atoms with Gasteiger partial charge in [0.05, 0.1) is 6.04 Å². The predicted octanol–water partition coefficient (Wildman–Crippen LogP) is 0.565. The zero-order valence-corrected chi connectivity index (χ0v) is 26.8. The van der Waals surface area contributed by atoms with Gasteiger partial charge in [0.2, 0.25) is 23.6 Å². The van der Waals surface area contributed by atoms with E-state index in [9.17, 15) is 19.2 Å². The number of nitrogens with zero attached hydrogens (tertiary/aromatic N) is 2. The second-order valence-electron chi connectivity index (χ2n) is 13.2. The van der Waals surface area contributed by atoms with Crippen LogP contribution in [0.3, 0.4) is 0 Å². The third kappa shape index (κ3) is 8.12. The highest BCUT2D eigenvalue weighted by Gasteiger charge is 2.47. The predicted molar refractivity (Wildman–Crippen MR) is 176 cm³/mol. The lowest BCUT2D eigenvalue weighted by Gasteiger charge is -2.34. The first-order chi connectivity index (χ1) is 22.2. The molecule has 248 valence electrons. The second-order valence-corrected chi connectivity index (χ2v) is 13.2. The third-order valence-electron chi connectivity index (χ3n) is 9.73. The topological polar surface area (TPSA) is 163 Å². The van der Waals surface area contributed by atoms with Crippen molar-refractivity contribution in [3.8, 4) is 0 Å². The summed E-state index contributed by atoms with van der Waals surface area (Å²) in [6.07, 6.45) is 2.97. The van der Waals surface area contributed by atoms with Gasteiger partial charge in [-0.25, -0.2) is 0 Å². The van der Waals surface area contributed by atoms with Crippen molar-refractivity contribution in [2.24, 2.45) is 23.3 Å². The van der Waals surface area contributed by atoms with Gasteiger partial charge in [0.1, 0.15) is 18.1 Å². The van der Waals surface area contributed by atoms with E-state index in [1.165, 1.54) is 0 Å². The minimum absolute atomic E-state index is 0.0137. The molecule has 7 atom stereocenters. The molecule has 0 aliphatic carbocycles. The smallest absolute Gasteiger partial charge is 0.246 e. The number of benzene rings is 2. The number of hydrogen-bond acceptors (Lipinski definition) is 7. The summed E-state index contributed by atoms with van der Waals surface area (Å²) >= 11 is 0. The maximum absolute atomic E-state index is 14.0. The SMILES string of the molecule is CC1CC(NC(=O)C(Cc2ccccc2)NC(=O)C(N)Cc2ccccc2)C(=O)N1C(CCCCN)C(=O)N1CC2CNCC2C1. The first-order valence-corrected chi connectivity index (χ1v) is 16.7. The average Bonchev–Trinajstić information content (AvgIpc) is 3.74. The Labute approximate surface area is 271 Å². The monoisotopic (exact) mass is 631 g/mol. The van der Waals surface area contributed by atoms with E-state index in [0.29, 0.717) is 50.7 Å². The Balaban J connectivity index is 1.27. The summed E-state index contributed by atoms with van der Waals surface area (Å²) in [6, 6.07) is 15.5. The molecule has 7 unspecified atom stereocenters. The summed E-state index contributed by atoms with van der Waals surface area (Å²) < 4.78 is 0. The van der Waals surface area contributed by atoms with E-state index in [1.54, 1.807) is 4.90 Å². The molecule has 0 aromatic heterocycles. The quantitative estimate of drug-likeness (QED) is 0.190. The van der Waals surface area contributed by atoms with Crippen LogP contribution >= 0.6 is 0 Å². The normalized spacial score (nSPS) is 24.4. The Hall–Kier alpha value is -3.80. The lowest BCUT2D eigenvalue weighted by molar-refractivity contribution is -0.145. The highest BCUT2D eigenvalue weighted by atomic mass is 16.2. The number of amides is 4. The van der Waals surface area contributed by atoms with Crippen LogP contribution in [0.25, 0.3) is 0 Å². The van der Waals surface area contributed by atoms with Crippen LogP contribution in [0.2, 0.25) is 0 Å². The molecule has 7 N–H and O–H groups in total. The molecule has 0 radical (unpaired) electrons. The number of rotatable bonds is 14. The minimum Gasteiger partial charge on any atom is -0.343 e. The van der Waals surface area contributed by atoms with Crippen LogP contribution in [0.15, 0.2) is 60.7 Å². The molecule has 0 spiro atoms. The van der Waals surface area contributed by atoms with E-state index in [0.717, 1.165) is 37.1 Å². The number of fused-ring (bicyclic) bond motifs is 1. The van der Waals surface area contributed by atoms with Crippen molar-refractivity contribution in [1.82, 2.24) is 25.8 Å². The number of nitrogens with two attached hydrogens (primary N) is 2. The van der Waals surface area contributed by atoms with Crippen molar-refractivity contribution in [3.05, 3.63) is 71.8 Å². The number of hydrogen-bond donors (Lipinski definition) is 5. The first kappa shape index (κ1) is 33.6. The fourth-order valence-corrected chi connectivity index (χ4v) is 7.21. The van der Waals surface area contributed by atoms with Crippen molar-refractivity contribution in [1.29, 1.82) is 0 Å². The van der Waals surface area contributed by atoms with E-state index in [2.05, 4.69) is 16.0 Å². The van der Waals surface area contributed by atoms with Crippen molar-refractivity contribution in [3.63, 3.8) is 0 Å². The zero-order chi connectivity index (χ0) is 32.6. The highest BCUT2D eigenvalue weighted by Crippen LogP contribution is 2.30. The van der Waals surface area contributed by atoms with Gasteiger partial charge in [-0.15, -0.1) is 0 Å². The summed E-state index contributed by atoms with van der Waals surface area (Å²) in [5, 5.41) is 9.19. The molecule has 0 saturated carbocycles. The number of nitrogens with one attached hydrogen (secondary N) is 3. The van der Waals surface area contributed by atoms with Gasteiger partial charge in [0, 0.05) is 38.6 Å². The molecule has 2 aromatic carbocycles. The molecule has 11 heteroatoms. The van der Waals surface area contributed by atoms with Gasteiger partial charge < -0.3 is 37.2 Å². The van der Waals surface area contributed by atoms with E-state index in [4.69, 9.17) is 11.5 Å². The molecule has 4 amide bonds. The van der Waals surface area contributed by atoms with Crippen LogP contribution in [0.5, 0.6) is 0 Å². The molecule has 11 nitrogen and oxygen atoms in total. The Morgan fingerprint density at radius 2 is 1.52 bits per heavy atom.